The van der Waals surface area contributed by atoms with Crippen molar-refractivity contribution in [1.29, 1.82) is 0 Å². The quantitative estimate of drug-likeness (QED) is 0.590. The molecule has 1 heteroatoms. The summed E-state index contributed by atoms with van der Waals surface area (Å²) in [4.78, 5) is 2.00. The Morgan fingerprint density at radius 1 is 0.750 bits per heavy atom. The molecule has 1 nitrogen and oxygen atoms in total. The molecule has 0 saturated heterocycles. The molecule has 0 aliphatic rings. The Labute approximate surface area is 80.2 Å². The number of hydrogen-bond acceptors (Lipinski definition) is 1. The van der Waals surface area contributed by atoms with Gasteiger partial charge in [0.15, 0.2) is 0 Å². The summed E-state index contributed by atoms with van der Waals surface area (Å²) in [5, 5.41) is 0. The zero-order chi connectivity index (χ0) is 10.4. The summed E-state index contributed by atoms with van der Waals surface area (Å²) in [5.41, 5.74) is 0. The molecule has 0 aromatic carbocycles. The Bertz CT molecular complexity index is 35.5. The van der Waals surface area contributed by atoms with E-state index in [9.17, 15) is 0 Å². The first-order valence-corrected chi connectivity index (χ1v) is 5.26. The summed E-state index contributed by atoms with van der Waals surface area (Å²) >= 11 is 0. The topological polar surface area (TPSA) is 3.24 Å². The Morgan fingerprint density at radius 3 is 1.00 bits per heavy atom. The minimum atomic E-state index is 1.36. The average molecular weight is 175 g/mol. The molecule has 0 aromatic heterocycles. The van der Waals surface area contributed by atoms with Crippen molar-refractivity contribution in [1.82, 2.24) is 4.90 Å². The van der Waals surface area contributed by atoms with Crippen molar-refractivity contribution < 1.29 is 0 Å². The van der Waals surface area contributed by atoms with Crippen molar-refractivity contribution in [3.05, 3.63) is 0 Å². The second kappa shape index (κ2) is 22.4. The van der Waals surface area contributed by atoms with Gasteiger partial charge in [0.05, 0.1) is 0 Å². The molecule has 0 amide bonds. The lowest BCUT2D eigenvalue weighted by Crippen LogP contribution is -1.99. The van der Waals surface area contributed by atoms with E-state index in [2.05, 4.69) is 13.8 Å². The highest BCUT2D eigenvalue weighted by Gasteiger charge is 1.75. The van der Waals surface area contributed by atoms with Crippen molar-refractivity contribution in [3.8, 4) is 0 Å². The van der Waals surface area contributed by atoms with Gasteiger partial charge in [-0.1, -0.05) is 53.4 Å². The highest BCUT2D eigenvalue weighted by atomic mass is 15.0. The molecular weight excluding hydrogens is 146 g/mol. The van der Waals surface area contributed by atoms with Crippen LogP contribution in [0.25, 0.3) is 0 Å². The van der Waals surface area contributed by atoms with Crippen LogP contribution in [0.1, 0.15) is 53.4 Å². The van der Waals surface area contributed by atoms with Crippen LogP contribution < -0.4 is 0 Å². The van der Waals surface area contributed by atoms with Crippen LogP contribution in [0.3, 0.4) is 0 Å². The third-order valence-electron chi connectivity index (χ3n) is 0.957. The maximum Gasteiger partial charge on any atom is -0.0140 e. The molecule has 0 heterocycles. The maximum absolute atomic E-state index is 2.23. The van der Waals surface area contributed by atoms with Gasteiger partial charge in [-0.2, -0.15) is 0 Å². The second-order valence-corrected chi connectivity index (χ2v) is 3.05. The van der Waals surface area contributed by atoms with Crippen LogP contribution in [0.2, 0.25) is 0 Å². The van der Waals surface area contributed by atoms with E-state index in [1.165, 1.54) is 25.7 Å². The zero-order valence-corrected chi connectivity index (χ0v) is 10.3. The van der Waals surface area contributed by atoms with Crippen molar-refractivity contribution in [2.75, 3.05) is 21.1 Å². The average Bonchev–Trinajstić information content (AvgIpc) is 2.04. The van der Waals surface area contributed by atoms with Crippen molar-refractivity contribution in [2.24, 2.45) is 0 Å². The molecule has 0 atom stereocenters. The Hall–Kier alpha value is -0.0400. The lowest BCUT2D eigenvalue weighted by molar-refractivity contribution is 0.505. The SMILES string of the molecule is CC.CCCCCC.CN(C)C. The molecule has 0 aliphatic carbocycles. The number of unbranched alkanes of at least 4 members (excludes halogenated alkanes) is 3. The number of nitrogens with zero attached hydrogens (tertiary/aromatic N) is 1. The van der Waals surface area contributed by atoms with E-state index in [4.69, 9.17) is 0 Å². The third kappa shape index (κ3) is 91.3. The monoisotopic (exact) mass is 175 g/mol. The summed E-state index contributed by atoms with van der Waals surface area (Å²) in [6.45, 7) is 8.46. The first kappa shape index (κ1) is 17.9. The molecule has 0 unspecified atom stereocenters. The van der Waals surface area contributed by atoms with Crippen molar-refractivity contribution >= 4 is 0 Å². The van der Waals surface area contributed by atoms with Gasteiger partial charge >= 0.3 is 0 Å². The van der Waals surface area contributed by atoms with E-state index in [1.54, 1.807) is 0 Å². The van der Waals surface area contributed by atoms with Crippen LogP contribution in [0, 0.1) is 0 Å². The molecule has 0 aromatic rings. The van der Waals surface area contributed by atoms with Crippen LogP contribution in [0.15, 0.2) is 0 Å². The van der Waals surface area contributed by atoms with Gasteiger partial charge in [0, 0.05) is 0 Å². The van der Waals surface area contributed by atoms with E-state index < -0.39 is 0 Å². The van der Waals surface area contributed by atoms with E-state index in [0.29, 0.717) is 0 Å². The Morgan fingerprint density at radius 2 is 0.917 bits per heavy atom. The summed E-state index contributed by atoms with van der Waals surface area (Å²) < 4.78 is 0. The molecule has 0 aliphatic heterocycles. The molecule has 12 heavy (non-hydrogen) atoms. The largest absolute Gasteiger partial charge is 0.312 e. The second-order valence-electron chi connectivity index (χ2n) is 3.05. The predicted molar refractivity (Wildman–Crippen MR) is 60.8 cm³/mol. The smallest absolute Gasteiger partial charge is 0.0140 e. The fourth-order valence-electron chi connectivity index (χ4n) is 0.500. The third-order valence-corrected chi connectivity index (χ3v) is 0.957. The van der Waals surface area contributed by atoms with Gasteiger partial charge in [0.25, 0.3) is 0 Å². The van der Waals surface area contributed by atoms with Crippen LogP contribution in [-0.2, 0) is 0 Å². The number of hydrogen-bond donors (Lipinski definition) is 0. The predicted octanol–water partition coefficient (Wildman–Crippen LogP) is 3.79. The fraction of sp³-hybridized carbons (Fsp3) is 1.00. The van der Waals surface area contributed by atoms with E-state index in [1.807, 2.05) is 39.9 Å². The first-order chi connectivity index (χ1) is 5.65. The van der Waals surface area contributed by atoms with Crippen LogP contribution in [-0.4, -0.2) is 26.0 Å². The van der Waals surface area contributed by atoms with Gasteiger partial charge in [-0.15, -0.1) is 0 Å². The van der Waals surface area contributed by atoms with Gasteiger partial charge in [-0.05, 0) is 21.1 Å². The molecule has 0 fully saturated rings. The Kier molecular flexibility index (Phi) is 33.5. The van der Waals surface area contributed by atoms with Gasteiger partial charge in [0.2, 0.25) is 0 Å². The highest BCUT2D eigenvalue weighted by Crippen LogP contribution is 1.95. The summed E-state index contributed by atoms with van der Waals surface area (Å²) in [7, 11) is 6.00. The van der Waals surface area contributed by atoms with Crippen LogP contribution in [0.5, 0.6) is 0 Å². The minimum Gasteiger partial charge on any atom is -0.312 e. The molecule has 0 rings (SSSR count). The Balaban J connectivity index is -0.000000118. The summed E-state index contributed by atoms with van der Waals surface area (Å²) in [6.07, 6.45) is 5.54. The van der Waals surface area contributed by atoms with Gasteiger partial charge in [0.1, 0.15) is 0 Å². The van der Waals surface area contributed by atoms with Crippen molar-refractivity contribution in [3.63, 3.8) is 0 Å². The lowest BCUT2D eigenvalue weighted by Gasteiger charge is -1.90. The fourth-order valence-corrected chi connectivity index (χ4v) is 0.500. The van der Waals surface area contributed by atoms with E-state index in [-0.39, 0.29) is 0 Å². The van der Waals surface area contributed by atoms with Crippen LogP contribution in [0.4, 0.5) is 0 Å². The lowest BCUT2D eigenvalue weighted by atomic mass is 10.2. The highest BCUT2D eigenvalue weighted by molar-refractivity contribution is 4.31. The standard InChI is InChI=1S/C6H14.C3H9N.C2H6/c1-3-5-6-4-2;1-4(2)3;1-2/h3-6H2,1-2H3;1-3H3;1-2H3. The summed E-state index contributed by atoms with van der Waals surface area (Å²) in [5.74, 6) is 0. The zero-order valence-electron chi connectivity index (χ0n) is 10.3. The maximum atomic E-state index is 2.23. The molecule has 0 N–H and O–H groups in total. The van der Waals surface area contributed by atoms with Crippen molar-refractivity contribution in [2.45, 2.75) is 53.4 Å². The van der Waals surface area contributed by atoms with Crippen LogP contribution >= 0.6 is 0 Å². The molecule has 0 spiro atoms. The molecule has 78 valence electrons. The van der Waals surface area contributed by atoms with Gasteiger partial charge < -0.3 is 4.90 Å². The molecule has 0 bridgehead atoms. The molecular formula is C11H29N. The van der Waals surface area contributed by atoms with Gasteiger partial charge in [-0.25, -0.2) is 0 Å². The van der Waals surface area contributed by atoms with E-state index >= 15 is 0 Å². The van der Waals surface area contributed by atoms with E-state index in [0.717, 1.165) is 0 Å². The summed E-state index contributed by atoms with van der Waals surface area (Å²) in [6, 6.07) is 0. The first-order valence-electron chi connectivity index (χ1n) is 5.26. The normalized spacial score (nSPS) is 8.00. The minimum absolute atomic E-state index is 1.36. The van der Waals surface area contributed by atoms with Gasteiger partial charge in [-0.3, -0.25) is 0 Å². The molecule has 0 saturated carbocycles. The molecule has 0 radical (unpaired) electrons. The number of rotatable bonds is 3.